The number of aromatic nitrogens is 1. The molecule has 3 rings (SSSR count). The third-order valence-corrected chi connectivity index (χ3v) is 4.55. The second kappa shape index (κ2) is 6.96. The Morgan fingerprint density at radius 2 is 2.12 bits per heavy atom. The van der Waals surface area contributed by atoms with Crippen molar-refractivity contribution >= 4 is 28.7 Å². The molecule has 2 aromatic rings. The van der Waals surface area contributed by atoms with Crippen molar-refractivity contribution < 1.29 is 19.5 Å². The molecule has 1 aliphatic heterocycles. The number of amides is 2. The Labute approximate surface area is 145 Å². The van der Waals surface area contributed by atoms with Gasteiger partial charge in [-0.15, -0.1) is 0 Å². The lowest BCUT2D eigenvalue weighted by Crippen LogP contribution is -2.62. The number of hydrogen-bond acceptors (Lipinski definition) is 3. The van der Waals surface area contributed by atoms with E-state index in [1.165, 1.54) is 4.90 Å². The van der Waals surface area contributed by atoms with Crippen molar-refractivity contribution in [1.82, 2.24) is 15.2 Å². The molecule has 2 amide bonds. The Morgan fingerprint density at radius 3 is 2.84 bits per heavy atom. The van der Waals surface area contributed by atoms with Crippen molar-refractivity contribution in [3.05, 3.63) is 36.0 Å². The zero-order valence-corrected chi connectivity index (χ0v) is 14.0. The van der Waals surface area contributed by atoms with E-state index in [0.29, 0.717) is 19.3 Å². The van der Waals surface area contributed by atoms with Crippen molar-refractivity contribution in [2.45, 2.75) is 38.3 Å². The minimum absolute atomic E-state index is 0.208. The number of carbonyl (C=O) groups is 3. The zero-order valence-electron chi connectivity index (χ0n) is 14.0. The highest BCUT2D eigenvalue weighted by Crippen LogP contribution is 2.21. The number of nitrogens with one attached hydrogen (secondary N) is 2. The molecule has 1 fully saturated rings. The third kappa shape index (κ3) is 3.35. The van der Waals surface area contributed by atoms with Crippen molar-refractivity contribution in [3.63, 3.8) is 0 Å². The summed E-state index contributed by atoms with van der Waals surface area (Å²) in [5, 5.41) is 13.1. The van der Waals surface area contributed by atoms with E-state index in [4.69, 9.17) is 0 Å². The predicted octanol–water partition coefficient (Wildman–Crippen LogP) is 1.29. The molecular formula is C18H21N3O4. The number of benzene rings is 1. The maximum absolute atomic E-state index is 12.8. The molecule has 0 radical (unpaired) electrons. The number of aromatic amines is 1. The van der Waals surface area contributed by atoms with Crippen LogP contribution in [0.5, 0.6) is 0 Å². The van der Waals surface area contributed by atoms with E-state index in [0.717, 1.165) is 16.5 Å². The summed E-state index contributed by atoms with van der Waals surface area (Å²) >= 11 is 0. The molecule has 3 N–H and O–H groups in total. The molecule has 2 atom stereocenters. The standard InChI is InChI=1S/C18H21N3O4/c1-2-5-15(18(24)25)21-10-16(22)20-14(17(21)23)8-11-9-19-13-7-4-3-6-12(11)13/h3-4,6-7,9,14-15,19H,2,5,8,10H2,1H3,(H,20,22)(H,24,25). The van der Waals surface area contributed by atoms with Gasteiger partial charge in [-0.25, -0.2) is 4.79 Å². The molecule has 7 nitrogen and oxygen atoms in total. The fourth-order valence-corrected chi connectivity index (χ4v) is 3.34. The number of para-hydroxylation sites is 1. The lowest BCUT2D eigenvalue weighted by Gasteiger charge is -2.36. The van der Waals surface area contributed by atoms with Gasteiger partial charge in [-0.1, -0.05) is 31.5 Å². The monoisotopic (exact) mass is 343 g/mol. The van der Waals surface area contributed by atoms with Crippen LogP contribution in [0.25, 0.3) is 10.9 Å². The molecular weight excluding hydrogens is 322 g/mol. The van der Waals surface area contributed by atoms with E-state index < -0.39 is 18.1 Å². The van der Waals surface area contributed by atoms with Gasteiger partial charge in [0.25, 0.3) is 0 Å². The SMILES string of the molecule is CCCC(C(=O)O)N1CC(=O)NC(Cc2c[nH]c3ccccc23)C1=O. The number of carboxylic acid groups (broad SMARTS) is 1. The van der Waals surface area contributed by atoms with Crippen LogP contribution < -0.4 is 5.32 Å². The maximum atomic E-state index is 12.8. The van der Waals surface area contributed by atoms with E-state index in [1.54, 1.807) is 0 Å². The van der Waals surface area contributed by atoms with Gasteiger partial charge in [-0.05, 0) is 18.1 Å². The molecule has 1 aromatic carbocycles. The summed E-state index contributed by atoms with van der Waals surface area (Å²) in [4.78, 5) is 40.7. The fraction of sp³-hybridized carbons (Fsp3) is 0.389. The van der Waals surface area contributed by atoms with E-state index in [2.05, 4.69) is 10.3 Å². The summed E-state index contributed by atoms with van der Waals surface area (Å²) in [6.45, 7) is 1.65. The lowest BCUT2D eigenvalue weighted by atomic mass is 10.00. The smallest absolute Gasteiger partial charge is 0.326 e. The molecule has 7 heteroatoms. The van der Waals surface area contributed by atoms with Crippen LogP contribution in [-0.4, -0.2) is 51.4 Å². The summed E-state index contributed by atoms with van der Waals surface area (Å²) in [6, 6.07) is 6.00. The topological polar surface area (TPSA) is 102 Å². The Balaban J connectivity index is 1.84. The van der Waals surface area contributed by atoms with Gasteiger partial charge in [-0.2, -0.15) is 0 Å². The summed E-state index contributed by atoms with van der Waals surface area (Å²) in [5.41, 5.74) is 1.87. The Kier molecular flexibility index (Phi) is 4.74. The molecule has 2 unspecified atom stereocenters. The molecule has 0 saturated carbocycles. The largest absolute Gasteiger partial charge is 0.480 e. The number of aliphatic carboxylic acids is 1. The molecule has 132 valence electrons. The minimum Gasteiger partial charge on any atom is -0.480 e. The van der Waals surface area contributed by atoms with Gasteiger partial charge >= 0.3 is 5.97 Å². The van der Waals surface area contributed by atoms with Crippen molar-refractivity contribution in [2.24, 2.45) is 0 Å². The first kappa shape index (κ1) is 17.0. The van der Waals surface area contributed by atoms with Gasteiger partial charge in [0.15, 0.2) is 0 Å². The van der Waals surface area contributed by atoms with Gasteiger partial charge in [-0.3, -0.25) is 9.59 Å². The van der Waals surface area contributed by atoms with Crippen LogP contribution in [0, 0.1) is 0 Å². The predicted molar refractivity (Wildman–Crippen MR) is 92.0 cm³/mol. The average molecular weight is 343 g/mol. The number of carbonyl (C=O) groups excluding carboxylic acids is 2. The quantitative estimate of drug-likeness (QED) is 0.735. The minimum atomic E-state index is -1.07. The van der Waals surface area contributed by atoms with E-state index in [-0.39, 0.29) is 18.4 Å². The van der Waals surface area contributed by atoms with Gasteiger partial charge < -0.3 is 20.3 Å². The molecule has 0 aliphatic carbocycles. The summed E-state index contributed by atoms with van der Waals surface area (Å²) in [7, 11) is 0. The molecule has 1 aromatic heterocycles. The molecule has 2 heterocycles. The Hall–Kier alpha value is -2.83. The first-order valence-corrected chi connectivity index (χ1v) is 8.39. The lowest BCUT2D eigenvalue weighted by molar-refractivity contribution is -0.156. The van der Waals surface area contributed by atoms with Gasteiger partial charge in [0.2, 0.25) is 11.8 Å². The molecule has 0 bridgehead atoms. The summed E-state index contributed by atoms with van der Waals surface area (Å²) in [6.07, 6.45) is 3.09. The number of carboxylic acids is 1. The van der Waals surface area contributed by atoms with Gasteiger partial charge in [0.1, 0.15) is 18.6 Å². The number of H-pyrrole nitrogens is 1. The number of hydrogen-bond donors (Lipinski definition) is 3. The normalized spacial score (nSPS) is 19.1. The molecule has 1 saturated heterocycles. The average Bonchev–Trinajstić information content (AvgIpc) is 2.99. The number of fused-ring (bicyclic) bond motifs is 1. The van der Waals surface area contributed by atoms with Crippen LogP contribution in [0.3, 0.4) is 0 Å². The van der Waals surface area contributed by atoms with E-state index >= 15 is 0 Å². The summed E-state index contributed by atoms with van der Waals surface area (Å²) in [5.74, 6) is -1.74. The van der Waals surface area contributed by atoms with Gasteiger partial charge in [0, 0.05) is 23.5 Å². The van der Waals surface area contributed by atoms with E-state index in [1.807, 2.05) is 37.4 Å². The first-order valence-electron chi connectivity index (χ1n) is 8.39. The molecule has 1 aliphatic rings. The first-order chi connectivity index (χ1) is 12.0. The van der Waals surface area contributed by atoms with Crippen LogP contribution in [0.4, 0.5) is 0 Å². The van der Waals surface area contributed by atoms with E-state index in [9.17, 15) is 19.5 Å². The van der Waals surface area contributed by atoms with Crippen molar-refractivity contribution in [2.75, 3.05) is 6.54 Å². The fourth-order valence-electron chi connectivity index (χ4n) is 3.34. The van der Waals surface area contributed by atoms with Crippen LogP contribution in [0.2, 0.25) is 0 Å². The highest BCUT2D eigenvalue weighted by atomic mass is 16.4. The van der Waals surface area contributed by atoms with Crippen LogP contribution >= 0.6 is 0 Å². The van der Waals surface area contributed by atoms with Gasteiger partial charge in [0.05, 0.1) is 0 Å². The zero-order chi connectivity index (χ0) is 18.0. The van der Waals surface area contributed by atoms with Crippen molar-refractivity contribution in [3.8, 4) is 0 Å². The van der Waals surface area contributed by atoms with Crippen LogP contribution in [-0.2, 0) is 20.8 Å². The second-order valence-corrected chi connectivity index (χ2v) is 6.29. The molecule has 25 heavy (non-hydrogen) atoms. The third-order valence-electron chi connectivity index (χ3n) is 4.55. The summed E-state index contributed by atoms with van der Waals surface area (Å²) < 4.78 is 0. The number of piperazine rings is 1. The second-order valence-electron chi connectivity index (χ2n) is 6.29. The van der Waals surface area contributed by atoms with Crippen LogP contribution in [0.1, 0.15) is 25.3 Å². The molecule has 0 spiro atoms. The maximum Gasteiger partial charge on any atom is 0.326 e. The van der Waals surface area contributed by atoms with Crippen molar-refractivity contribution in [1.29, 1.82) is 0 Å². The number of nitrogens with zero attached hydrogens (tertiary/aromatic N) is 1. The highest BCUT2D eigenvalue weighted by molar-refractivity contribution is 5.97. The Bertz CT molecular complexity index is 814. The van der Waals surface area contributed by atoms with Crippen LogP contribution in [0.15, 0.2) is 30.5 Å². The highest BCUT2D eigenvalue weighted by Gasteiger charge is 2.39. The number of rotatable bonds is 6. The Morgan fingerprint density at radius 1 is 1.36 bits per heavy atom.